The summed E-state index contributed by atoms with van der Waals surface area (Å²) in [4.78, 5) is 4.77. The quantitative estimate of drug-likeness (QED) is 0.566. The first-order chi connectivity index (χ1) is 12.7. The molecule has 0 unspecified atom stereocenters. The van der Waals surface area contributed by atoms with Crippen molar-refractivity contribution in [1.82, 2.24) is 19.7 Å². The van der Waals surface area contributed by atoms with E-state index in [4.69, 9.17) is 4.98 Å². The minimum absolute atomic E-state index is 0.863. The van der Waals surface area contributed by atoms with Crippen LogP contribution in [0.15, 0.2) is 67.3 Å². The highest BCUT2D eigenvalue weighted by Gasteiger charge is 2.17. The Morgan fingerprint density at radius 3 is 2.62 bits per heavy atom. The summed E-state index contributed by atoms with van der Waals surface area (Å²) in [6.07, 6.45) is 6.71. The van der Waals surface area contributed by atoms with Gasteiger partial charge in [0, 0.05) is 23.9 Å². The van der Waals surface area contributed by atoms with Gasteiger partial charge in [-0.3, -0.25) is 5.10 Å². The zero-order valence-electron chi connectivity index (χ0n) is 15.1. The first-order valence-electron chi connectivity index (χ1n) is 8.89. The van der Waals surface area contributed by atoms with E-state index in [9.17, 15) is 0 Å². The highest BCUT2D eigenvalue weighted by molar-refractivity contribution is 5.80. The van der Waals surface area contributed by atoms with Gasteiger partial charge in [-0.1, -0.05) is 48.5 Å². The van der Waals surface area contributed by atoms with Crippen LogP contribution in [-0.2, 0) is 13.0 Å². The van der Waals surface area contributed by atoms with Crippen molar-refractivity contribution in [2.45, 2.75) is 26.8 Å². The molecule has 0 atom stereocenters. The Bertz CT molecular complexity index is 998. The van der Waals surface area contributed by atoms with Gasteiger partial charge in [-0.05, 0) is 37.0 Å². The monoisotopic (exact) mass is 342 g/mol. The van der Waals surface area contributed by atoms with Crippen molar-refractivity contribution in [2.75, 3.05) is 0 Å². The Morgan fingerprint density at radius 1 is 1.00 bits per heavy atom. The summed E-state index contributed by atoms with van der Waals surface area (Å²) in [6.45, 7) is 5.21. The van der Waals surface area contributed by atoms with Gasteiger partial charge in [-0.25, -0.2) is 4.98 Å². The normalized spacial score (nSPS) is 11.0. The number of aromatic amines is 1. The largest absolute Gasteiger partial charge is 0.330 e. The number of imidazole rings is 1. The highest BCUT2D eigenvalue weighted by Crippen LogP contribution is 2.34. The summed E-state index contributed by atoms with van der Waals surface area (Å²) >= 11 is 0. The van der Waals surface area contributed by atoms with Crippen molar-refractivity contribution in [1.29, 1.82) is 0 Å². The van der Waals surface area contributed by atoms with Crippen molar-refractivity contribution in [3.8, 4) is 22.5 Å². The van der Waals surface area contributed by atoms with E-state index >= 15 is 0 Å². The van der Waals surface area contributed by atoms with Gasteiger partial charge in [0.05, 0.1) is 23.9 Å². The Balaban J connectivity index is 1.82. The van der Waals surface area contributed by atoms with Gasteiger partial charge in [-0.2, -0.15) is 5.10 Å². The molecule has 0 aliphatic carbocycles. The van der Waals surface area contributed by atoms with Gasteiger partial charge in [0.25, 0.3) is 0 Å². The molecule has 4 nitrogen and oxygen atoms in total. The first kappa shape index (κ1) is 16.3. The summed E-state index contributed by atoms with van der Waals surface area (Å²) in [5.74, 6) is 0. The molecule has 0 aliphatic heterocycles. The number of H-pyrrole nitrogens is 1. The zero-order valence-corrected chi connectivity index (χ0v) is 15.1. The Kier molecular flexibility index (Phi) is 4.40. The first-order valence-corrected chi connectivity index (χ1v) is 8.89. The molecule has 26 heavy (non-hydrogen) atoms. The van der Waals surface area contributed by atoms with Crippen molar-refractivity contribution in [3.05, 3.63) is 83.9 Å². The molecule has 0 radical (unpaired) electrons. The lowest BCUT2D eigenvalue weighted by atomic mass is 9.97. The predicted molar refractivity (Wildman–Crippen MR) is 105 cm³/mol. The maximum Gasteiger partial charge on any atom is 0.0963 e. The molecular weight excluding hydrogens is 320 g/mol. The lowest BCUT2D eigenvalue weighted by Crippen LogP contribution is -2.03. The van der Waals surface area contributed by atoms with Gasteiger partial charge in [0.2, 0.25) is 0 Å². The molecule has 0 saturated carbocycles. The fourth-order valence-corrected chi connectivity index (χ4v) is 3.31. The zero-order chi connectivity index (χ0) is 17.9. The summed E-state index contributed by atoms with van der Waals surface area (Å²) in [5, 5.41) is 6.93. The minimum atomic E-state index is 0.863. The number of nitrogens with one attached hydrogen (secondary N) is 1. The van der Waals surface area contributed by atoms with Crippen LogP contribution in [0.4, 0.5) is 0 Å². The number of nitrogens with zero attached hydrogens (tertiary/aromatic N) is 3. The summed E-state index contributed by atoms with van der Waals surface area (Å²) < 4.78 is 2.26. The summed E-state index contributed by atoms with van der Waals surface area (Å²) in [6, 6.07) is 16.9. The number of aryl methyl sites for hydroxylation is 3. The van der Waals surface area contributed by atoms with Gasteiger partial charge in [0.15, 0.2) is 0 Å². The molecule has 2 aromatic heterocycles. The molecule has 0 spiro atoms. The summed E-state index contributed by atoms with van der Waals surface area (Å²) in [5.41, 5.74) is 8.40. The van der Waals surface area contributed by atoms with Crippen LogP contribution in [0.2, 0.25) is 0 Å². The van der Waals surface area contributed by atoms with E-state index in [1.807, 2.05) is 24.8 Å². The van der Waals surface area contributed by atoms with E-state index in [1.165, 1.54) is 27.9 Å². The third-order valence-electron chi connectivity index (χ3n) is 4.94. The SMILES string of the molecule is Cc1cccc(-c2c(-c3ccccc3)ncn2CCc2cn[nH]c2)c1C. The molecule has 130 valence electrons. The van der Waals surface area contributed by atoms with E-state index in [1.54, 1.807) is 0 Å². The van der Waals surface area contributed by atoms with Crippen molar-refractivity contribution < 1.29 is 0 Å². The lowest BCUT2D eigenvalue weighted by molar-refractivity contribution is 0.702. The fraction of sp³-hybridized carbons (Fsp3) is 0.182. The van der Waals surface area contributed by atoms with Gasteiger partial charge >= 0.3 is 0 Å². The van der Waals surface area contributed by atoms with Crippen molar-refractivity contribution >= 4 is 0 Å². The molecule has 4 rings (SSSR count). The van der Waals surface area contributed by atoms with Crippen LogP contribution in [0.25, 0.3) is 22.5 Å². The Labute approximate surface area is 153 Å². The molecule has 0 aliphatic rings. The third-order valence-corrected chi connectivity index (χ3v) is 4.94. The highest BCUT2D eigenvalue weighted by atomic mass is 15.1. The van der Waals surface area contributed by atoms with E-state index in [2.05, 4.69) is 71.1 Å². The molecule has 4 heteroatoms. The number of hydrogen-bond donors (Lipinski definition) is 1. The second-order valence-corrected chi connectivity index (χ2v) is 6.61. The molecule has 1 N–H and O–H groups in total. The molecule has 0 fully saturated rings. The van der Waals surface area contributed by atoms with Crippen LogP contribution in [0.1, 0.15) is 16.7 Å². The molecular formula is C22H22N4. The predicted octanol–water partition coefficient (Wildman–Crippen LogP) is 4.80. The van der Waals surface area contributed by atoms with E-state index in [0.29, 0.717) is 0 Å². The second-order valence-electron chi connectivity index (χ2n) is 6.61. The van der Waals surface area contributed by atoms with Crippen LogP contribution in [0.3, 0.4) is 0 Å². The van der Waals surface area contributed by atoms with E-state index in [-0.39, 0.29) is 0 Å². The Morgan fingerprint density at radius 2 is 1.85 bits per heavy atom. The van der Waals surface area contributed by atoms with Gasteiger partial charge in [-0.15, -0.1) is 0 Å². The van der Waals surface area contributed by atoms with E-state index in [0.717, 1.165) is 24.2 Å². The average Bonchev–Trinajstić information content (AvgIpc) is 3.32. The minimum Gasteiger partial charge on any atom is -0.330 e. The topological polar surface area (TPSA) is 46.5 Å². The molecule has 0 amide bonds. The lowest BCUT2D eigenvalue weighted by Gasteiger charge is -2.14. The van der Waals surface area contributed by atoms with Crippen LogP contribution < -0.4 is 0 Å². The third kappa shape index (κ3) is 3.06. The molecule has 2 heterocycles. The average molecular weight is 342 g/mol. The van der Waals surface area contributed by atoms with Gasteiger partial charge < -0.3 is 4.57 Å². The fourth-order valence-electron chi connectivity index (χ4n) is 3.31. The number of hydrogen-bond acceptors (Lipinski definition) is 2. The van der Waals surface area contributed by atoms with Crippen LogP contribution in [0.5, 0.6) is 0 Å². The molecule has 2 aromatic carbocycles. The molecule has 0 saturated heterocycles. The number of aromatic nitrogens is 4. The summed E-state index contributed by atoms with van der Waals surface area (Å²) in [7, 11) is 0. The second kappa shape index (κ2) is 7.00. The van der Waals surface area contributed by atoms with Gasteiger partial charge in [0.1, 0.15) is 0 Å². The number of rotatable bonds is 5. The maximum atomic E-state index is 4.77. The standard InChI is InChI=1S/C22H22N4/c1-16-7-6-10-20(17(16)2)22-21(19-8-4-3-5-9-19)23-15-26(22)12-11-18-13-24-25-14-18/h3-10,13-15H,11-12H2,1-2H3,(H,24,25). The molecule has 4 aromatic rings. The van der Waals surface area contributed by atoms with Crippen molar-refractivity contribution in [2.24, 2.45) is 0 Å². The van der Waals surface area contributed by atoms with Crippen molar-refractivity contribution in [3.63, 3.8) is 0 Å². The number of benzene rings is 2. The maximum absolute atomic E-state index is 4.77. The van der Waals surface area contributed by atoms with Crippen LogP contribution in [-0.4, -0.2) is 19.7 Å². The smallest absolute Gasteiger partial charge is 0.0963 e. The molecule has 0 bridgehead atoms. The van der Waals surface area contributed by atoms with E-state index < -0.39 is 0 Å². The Hall–Kier alpha value is -3.14. The van der Waals surface area contributed by atoms with Crippen LogP contribution >= 0.6 is 0 Å². The van der Waals surface area contributed by atoms with Crippen LogP contribution in [0, 0.1) is 13.8 Å².